The molecule has 78 valence electrons. The highest BCUT2D eigenvalue weighted by molar-refractivity contribution is 9.10. The Hall–Kier alpha value is -0.390. The smallest absolute Gasteiger partial charge is 0.213 e. The minimum absolute atomic E-state index is 0.118. The highest BCUT2D eigenvalue weighted by atomic mass is 79.9. The normalized spacial score (nSPS) is 11.7. The van der Waals surface area contributed by atoms with Crippen molar-refractivity contribution in [2.45, 2.75) is 19.6 Å². The molecule has 0 aliphatic rings. The van der Waals surface area contributed by atoms with Gasteiger partial charge in [0.1, 0.15) is 0 Å². The predicted octanol–water partition coefficient (Wildman–Crippen LogP) is 1.85. The van der Waals surface area contributed by atoms with E-state index in [0.717, 1.165) is 15.6 Å². The minimum Gasteiger partial charge on any atom is -0.228 e. The van der Waals surface area contributed by atoms with E-state index in [0.29, 0.717) is 5.56 Å². The third-order valence-corrected chi connectivity index (χ3v) is 3.59. The zero-order valence-corrected chi connectivity index (χ0v) is 10.4. The van der Waals surface area contributed by atoms with Gasteiger partial charge in [0.15, 0.2) is 0 Å². The molecular formula is C9H12BrNO2S. The Balaban J connectivity index is 3.14. The molecule has 2 N–H and O–H groups in total. The molecule has 0 atom stereocenters. The summed E-state index contributed by atoms with van der Waals surface area (Å²) >= 11 is 3.37. The number of benzene rings is 1. The number of hydrogen-bond acceptors (Lipinski definition) is 2. The molecule has 0 heterocycles. The first kappa shape index (κ1) is 11.7. The molecule has 0 saturated heterocycles. The average molecular weight is 278 g/mol. The molecule has 0 saturated carbocycles. The maximum atomic E-state index is 10.9. The van der Waals surface area contributed by atoms with Crippen LogP contribution in [-0.4, -0.2) is 8.42 Å². The first-order valence-corrected chi connectivity index (χ1v) is 6.56. The fourth-order valence-electron chi connectivity index (χ4n) is 1.20. The zero-order valence-electron chi connectivity index (χ0n) is 8.04. The molecule has 1 aromatic rings. The summed E-state index contributed by atoms with van der Waals surface area (Å²) in [6.45, 7) is 3.91. The van der Waals surface area contributed by atoms with Crippen LogP contribution in [0.5, 0.6) is 0 Å². The number of primary sulfonamides is 1. The molecule has 14 heavy (non-hydrogen) atoms. The summed E-state index contributed by atoms with van der Waals surface area (Å²) in [7, 11) is -3.44. The Labute approximate surface area is 92.5 Å². The molecule has 0 aliphatic heterocycles. The molecule has 0 radical (unpaired) electrons. The summed E-state index contributed by atoms with van der Waals surface area (Å²) in [6, 6.07) is 3.62. The van der Waals surface area contributed by atoms with Crippen molar-refractivity contribution in [3.05, 3.63) is 33.3 Å². The average Bonchev–Trinajstić information content (AvgIpc) is 1.96. The van der Waals surface area contributed by atoms with E-state index in [2.05, 4.69) is 15.9 Å². The van der Waals surface area contributed by atoms with Gasteiger partial charge >= 0.3 is 0 Å². The number of nitrogens with two attached hydrogens (primary N) is 1. The van der Waals surface area contributed by atoms with Crippen molar-refractivity contribution in [1.82, 2.24) is 0 Å². The van der Waals surface area contributed by atoms with E-state index in [-0.39, 0.29) is 5.75 Å². The van der Waals surface area contributed by atoms with Gasteiger partial charge in [-0.15, -0.1) is 0 Å². The van der Waals surface area contributed by atoms with Crippen LogP contribution < -0.4 is 5.14 Å². The minimum atomic E-state index is -3.44. The third kappa shape index (κ3) is 3.08. The van der Waals surface area contributed by atoms with Crippen LogP contribution in [0.2, 0.25) is 0 Å². The van der Waals surface area contributed by atoms with Crippen LogP contribution in [0.15, 0.2) is 16.6 Å². The van der Waals surface area contributed by atoms with E-state index in [1.165, 1.54) is 0 Å². The van der Waals surface area contributed by atoms with Crippen LogP contribution in [0.3, 0.4) is 0 Å². The summed E-state index contributed by atoms with van der Waals surface area (Å²) in [4.78, 5) is 0. The molecule has 3 nitrogen and oxygen atoms in total. The van der Waals surface area contributed by atoms with E-state index in [1.807, 2.05) is 19.9 Å². The van der Waals surface area contributed by atoms with Gasteiger partial charge in [-0.3, -0.25) is 0 Å². The molecule has 0 aromatic heterocycles. The molecule has 0 spiro atoms. The van der Waals surface area contributed by atoms with Crippen molar-refractivity contribution >= 4 is 26.0 Å². The summed E-state index contributed by atoms with van der Waals surface area (Å²) in [6.07, 6.45) is 0. The van der Waals surface area contributed by atoms with Crippen molar-refractivity contribution in [3.8, 4) is 0 Å². The number of aryl methyl sites for hydroxylation is 1. The number of hydrogen-bond donors (Lipinski definition) is 1. The second-order valence-electron chi connectivity index (χ2n) is 3.33. The second kappa shape index (κ2) is 4.00. The van der Waals surface area contributed by atoms with Crippen molar-refractivity contribution < 1.29 is 8.42 Å². The van der Waals surface area contributed by atoms with Crippen LogP contribution in [0.25, 0.3) is 0 Å². The topological polar surface area (TPSA) is 60.2 Å². The van der Waals surface area contributed by atoms with Crippen molar-refractivity contribution in [2.24, 2.45) is 5.14 Å². The zero-order chi connectivity index (χ0) is 10.9. The lowest BCUT2D eigenvalue weighted by Crippen LogP contribution is -2.14. The van der Waals surface area contributed by atoms with Gasteiger partial charge in [-0.2, -0.15) is 0 Å². The van der Waals surface area contributed by atoms with Gasteiger partial charge < -0.3 is 0 Å². The maximum absolute atomic E-state index is 10.9. The number of halogens is 1. The van der Waals surface area contributed by atoms with E-state index >= 15 is 0 Å². The van der Waals surface area contributed by atoms with Crippen LogP contribution in [-0.2, 0) is 15.8 Å². The highest BCUT2D eigenvalue weighted by Crippen LogP contribution is 2.22. The van der Waals surface area contributed by atoms with E-state index in [4.69, 9.17) is 5.14 Å². The molecule has 0 aliphatic carbocycles. The van der Waals surface area contributed by atoms with Gasteiger partial charge in [-0.05, 0) is 36.6 Å². The Morgan fingerprint density at radius 1 is 1.36 bits per heavy atom. The van der Waals surface area contributed by atoms with Gasteiger partial charge in [0.25, 0.3) is 0 Å². The van der Waals surface area contributed by atoms with E-state index in [1.54, 1.807) is 6.07 Å². The second-order valence-corrected chi connectivity index (χ2v) is 5.80. The summed E-state index contributed by atoms with van der Waals surface area (Å²) in [5.41, 5.74) is 2.88. The lowest BCUT2D eigenvalue weighted by molar-refractivity contribution is 0.597. The van der Waals surface area contributed by atoms with Crippen molar-refractivity contribution in [3.63, 3.8) is 0 Å². The quantitative estimate of drug-likeness (QED) is 0.897. The monoisotopic (exact) mass is 277 g/mol. The Bertz CT molecular complexity index is 431. The Kier molecular flexibility index (Phi) is 3.34. The van der Waals surface area contributed by atoms with Crippen LogP contribution >= 0.6 is 15.9 Å². The molecular weight excluding hydrogens is 266 g/mol. The fourth-order valence-corrected chi connectivity index (χ4v) is 2.44. The SMILES string of the molecule is Cc1cc(CS(N)(=O)=O)cc(Br)c1C. The predicted molar refractivity (Wildman–Crippen MR) is 60.4 cm³/mol. The first-order chi connectivity index (χ1) is 6.29. The summed E-state index contributed by atoms with van der Waals surface area (Å²) in [5, 5.41) is 4.96. The van der Waals surface area contributed by atoms with Crippen LogP contribution in [0.4, 0.5) is 0 Å². The maximum Gasteiger partial charge on any atom is 0.213 e. The third-order valence-electron chi connectivity index (χ3n) is 2.03. The highest BCUT2D eigenvalue weighted by Gasteiger charge is 2.08. The van der Waals surface area contributed by atoms with Gasteiger partial charge in [-0.25, -0.2) is 13.6 Å². The fraction of sp³-hybridized carbons (Fsp3) is 0.333. The molecule has 0 bridgehead atoms. The van der Waals surface area contributed by atoms with Crippen molar-refractivity contribution in [1.29, 1.82) is 0 Å². The number of sulfonamides is 1. The molecule has 1 aromatic carbocycles. The molecule has 0 fully saturated rings. The molecule has 5 heteroatoms. The Morgan fingerprint density at radius 2 is 1.93 bits per heavy atom. The lowest BCUT2D eigenvalue weighted by Gasteiger charge is -2.06. The number of rotatable bonds is 2. The van der Waals surface area contributed by atoms with Gasteiger partial charge in [0, 0.05) is 4.47 Å². The van der Waals surface area contributed by atoms with Gasteiger partial charge in [-0.1, -0.05) is 22.0 Å². The molecule has 1 rings (SSSR count). The van der Waals surface area contributed by atoms with Crippen LogP contribution in [0, 0.1) is 13.8 Å². The summed E-state index contributed by atoms with van der Waals surface area (Å²) in [5.74, 6) is -0.118. The molecule has 0 amide bonds. The van der Waals surface area contributed by atoms with Crippen LogP contribution in [0.1, 0.15) is 16.7 Å². The lowest BCUT2D eigenvalue weighted by atomic mass is 10.1. The standard InChI is InChI=1S/C9H12BrNO2S/c1-6-3-8(5-14(11,12)13)4-9(10)7(6)2/h3-4H,5H2,1-2H3,(H2,11,12,13). The largest absolute Gasteiger partial charge is 0.228 e. The van der Waals surface area contributed by atoms with Gasteiger partial charge in [0.05, 0.1) is 5.75 Å². The van der Waals surface area contributed by atoms with E-state index in [9.17, 15) is 8.42 Å². The molecule has 0 unspecified atom stereocenters. The summed E-state index contributed by atoms with van der Waals surface area (Å²) < 4.78 is 22.7. The first-order valence-electron chi connectivity index (χ1n) is 4.05. The van der Waals surface area contributed by atoms with Gasteiger partial charge in [0.2, 0.25) is 10.0 Å². The Morgan fingerprint density at radius 3 is 2.36 bits per heavy atom. The van der Waals surface area contributed by atoms with Crippen molar-refractivity contribution in [2.75, 3.05) is 0 Å². The van der Waals surface area contributed by atoms with E-state index < -0.39 is 10.0 Å².